The Kier molecular flexibility index (Phi) is 11.6. The van der Waals surface area contributed by atoms with E-state index in [-0.39, 0.29) is 29.7 Å². The number of alkyl halides is 3. The lowest BCUT2D eigenvalue weighted by atomic mass is 10.2. The summed E-state index contributed by atoms with van der Waals surface area (Å²) in [5, 5.41) is 6.34. The Morgan fingerprint density at radius 2 is 1.96 bits per heavy atom. The van der Waals surface area contributed by atoms with Crippen LogP contribution < -0.4 is 15.4 Å². The number of guanidine groups is 1. The zero-order valence-corrected chi connectivity index (χ0v) is 16.3. The van der Waals surface area contributed by atoms with Crippen molar-refractivity contribution in [3.63, 3.8) is 0 Å². The van der Waals surface area contributed by atoms with Crippen molar-refractivity contribution in [3.05, 3.63) is 29.8 Å². The normalized spacial score (nSPS) is 11.6. The number of nitrogens with one attached hydrogen (secondary N) is 2. The molecule has 0 bridgehead atoms. The lowest BCUT2D eigenvalue weighted by molar-refractivity contribution is -0.153. The van der Waals surface area contributed by atoms with Gasteiger partial charge in [0.1, 0.15) is 5.75 Å². The Hall–Kier alpha value is -1.19. The predicted molar refractivity (Wildman–Crippen MR) is 101 cm³/mol. The number of aliphatic imine (C=N–C) groups is 1. The maximum Gasteiger partial charge on any atom is 0.422 e. The maximum atomic E-state index is 12.2. The van der Waals surface area contributed by atoms with Crippen LogP contribution in [0.1, 0.15) is 32.3 Å². The highest BCUT2D eigenvalue weighted by molar-refractivity contribution is 14.0. The van der Waals surface area contributed by atoms with E-state index in [0.29, 0.717) is 12.5 Å². The van der Waals surface area contributed by atoms with Gasteiger partial charge in [-0.15, -0.1) is 24.0 Å². The van der Waals surface area contributed by atoms with Crippen molar-refractivity contribution in [1.82, 2.24) is 10.6 Å². The van der Waals surface area contributed by atoms with E-state index in [4.69, 9.17) is 4.74 Å². The Balaban J connectivity index is 0.00000529. The van der Waals surface area contributed by atoms with Gasteiger partial charge in [0.05, 0.1) is 6.54 Å². The highest BCUT2D eigenvalue weighted by Gasteiger charge is 2.28. The fourth-order valence-corrected chi connectivity index (χ4v) is 1.79. The van der Waals surface area contributed by atoms with Crippen LogP contribution in [0.3, 0.4) is 0 Å². The van der Waals surface area contributed by atoms with E-state index >= 15 is 0 Å². The van der Waals surface area contributed by atoms with Crippen LogP contribution in [0.5, 0.6) is 5.75 Å². The molecule has 0 aliphatic rings. The minimum Gasteiger partial charge on any atom is -0.484 e. The number of ether oxygens (including phenoxy) is 1. The number of benzene rings is 1. The summed E-state index contributed by atoms with van der Waals surface area (Å²) in [6, 6.07) is 6.54. The van der Waals surface area contributed by atoms with Crippen molar-refractivity contribution >= 4 is 29.9 Å². The average molecular weight is 459 g/mol. The third kappa shape index (κ3) is 10.6. The number of hydrogen-bond acceptors (Lipinski definition) is 2. The Morgan fingerprint density at radius 1 is 1.21 bits per heavy atom. The molecule has 1 aromatic carbocycles. The van der Waals surface area contributed by atoms with E-state index in [1.807, 2.05) is 6.92 Å². The monoisotopic (exact) mass is 459 g/mol. The van der Waals surface area contributed by atoms with Crippen molar-refractivity contribution in [1.29, 1.82) is 0 Å². The first kappa shape index (κ1) is 22.8. The molecule has 0 aliphatic heterocycles. The Bertz CT molecular complexity index is 496. The second-order valence-corrected chi connectivity index (χ2v) is 5.03. The van der Waals surface area contributed by atoms with Gasteiger partial charge < -0.3 is 15.4 Å². The summed E-state index contributed by atoms with van der Waals surface area (Å²) >= 11 is 0. The number of halogens is 4. The van der Waals surface area contributed by atoms with Crippen LogP contribution in [0.25, 0.3) is 0 Å². The molecule has 0 fully saturated rings. The van der Waals surface area contributed by atoms with Gasteiger partial charge in [-0.25, -0.2) is 4.99 Å². The second-order valence-electron chi connectivity index (χ2n) is 5.03. The van der Waals surface area contributed by atoms with Gasteiger partial charge in [0.25, 0.3) is 0 Å². The summed E-state index contributed by atoms with van der Waals surface area (Å²) in [4.78, 5) is 4.42. The maximum absolute atomic E-state index is 12.2. The van der Waals surface area contributed by atoms with Crippen molar-refractivity contribution in [2.24, 2.45) is 4.99 Å². The Morgan fingerprint density at radius 3 is 2.58 bits per heavy atom. The van der Waals surface area contributed by atoms with Crippen molar-refractivity contribution < 1.29 is 17.9 Å². The van der Waals surface area contributed by atoms with Gasteiger partial charge in [-0.2, -0.15) is 13.2 Å². The van der Waals surface area contributed by atoms with Gasteiger partial charge in [-0.1, -0.05) is 25.5 Å². The fraction of sp³-hybridized carbons (Fsp3) is 0.562. The van der Waals surface area contributed by atoms with E-state index in [1.54, 1.807) is 18.2 Å². The highest BCUT2D eigenvalue weighted by atomic mass is 127. The van der Waals surface area contributed by atoms with Crippen molar-refractivity contribution in [2.45, 2.75) is 39.4 Å². The topological polar surface area (TPSA) is 45.7 Å². The van der Waals surface area contributed by atoms with E-state index in [1.165, 1.54) is 6.07 Å². The molecule has 2 N–H and O–H groups in total. The number of rotatable bonds is 8. The summed E-state index contributed by atoms with van der Waals surface area (Å²) in [6.45, 7) is 4.73. The van der Waals surface area contributed by atoms with Gasteiger partial charge in [-0.3, -0.25) is 0 Å². The van der Waals surface area contributed by atoms with Crippen molar-refractivity contribution in [2.75, 3.05) is 19.7 Å². The van der Waals surface area contributed by atoms with E-state index < -0.39 is 12.8 Å². The first-order valence-corrected chi connectivity index (χ1v) is 7.75. The summed E-state index contributed by atoms with van der Waals surface area (Å²) in [5.41, 5.74) is 0.789. The molecule has 0 saturated heterocycles. The summed E-state index contributed by atoms with van der Waals surface area (Å²) < 4.78 is 41.2. The van der Waals surface area contributed by atoms with Crippen LogP contribution in [-0.2, 0) is 6.54 Å². The van der Waals surface area contributed by atoms with E-state index in [9.17, 15) is 13.2 Å². The molecule has 138 valence electrons. The van der Waals surface area contributed by atoms with Crippen molar-refractivity contribution in [3.8, 4) is 5.75 Å². The summed E-state index contributed by atoms with van der Waals surface area (Å²) in [6.07, 6.45) is -2.20. The van der Waals surface area contributed by atoms with Crippen LogP contribution in [0, 0.1) is 0 Å². The minimum absolute atomic E-state index is 0. The number of nitrogens with zero attached hydrogens (tertiary/aromatic N) is 1. The summed E-state index contributed by atoms with van der Waals surface area (Å²) in [5.74, 6) is 0.890. The van der Waals surface area contributed by atoms with E-state index in [0.717, 1.165) is 31.5 Å². The lowest BCUT2D eigenvalue weighted by Crippen LogP contribution is -2.37. The molecule has 0 aliphatic carbocycles. The average Bonchev–Trinajstić information content (AvgIpc) is 2.50. The Labute approximate surface area is 158 Å². The largest absolute Gasteiger partial charge is 0.484 e. The van der Waals surface area contributed by atoms with Gasteiger partial charge in [-0.05, 0) is 31.0 Å². The molecule has 0 unspecified atom stereocenters. The molecule has 0 radical (unpaired) electrons. The zero-order valence-electron chi connectivity index (χ0n) is 13.9. The smallest absolute Gasteiger partial charge is 0.422 e. The molecule has 8 heteroatoms. The molecule has 24 heavy (non-hydrogen) atoms. The van der Waals surface area contributed by atoms with Crippen LogP contribution in [0.4, 0.5) is 13.2 Å². The predicted octanol–water partition coefficient (Wildman–Crippen LogP) is 4.10. The quantitative estimate of drug-likeness (QED) is 0.266. The highest BCUT2D eigenvalue weighted by Crippen LogP contribution is 2.19. The minimum atomic E-state index is -4.34. The van der Waals surface area contributed by atoms with Gasteiger partial charge in [0.15, 0.2) is 12.6 Å². The SMILES string of the molecule is CCCCNC(=NCc1cccc(OCC(F)(F)F)c1)NCC.I. The molecule has 1 rings (SSSR count). The first-order chi connectivity index (χ1) is 10.9. The van der Waals surface area contributed by atoms with Gasteiger partial charge in [0, 0.05) is 13.1 Å². The first-order valence-electron chi connectivity index (χ1n) is 7.75. The molecule has 0 amide bonds. The molecule has 0 atom stereocenters. The lowest BCUT2D eigenvalue weighted by Gasteiger charge is -2.11. The van der Waals surface area contributed by atoms with E-state index in [2.05, 4.69) is 22.5 Å². The molecule has 0 aromatic heterocycles. The van der Waals surface area contributed by atoms with Crippen LogP contribution >= 0.6 is 24.0 Å². The standard InChI is InChI=1S/C16H24F3N3O.HI/c1-3-5-9-21-15(20-4-2)22-11-13-7-6-8-14(10-13)23-12-16(17,18)19;/h6-8,10H,3-5,9,11-12H2,1-2H3,(H2,20,21,22);1H. The molecule has 4 nitrogen and oxygen atoms in total. The molecular formula is C16H25F3IN3O. The molecule has 0 saturated carbocycles. The third-order valence-corrected chi connectivity index (χ3v) is 2.89. The summed E-state index contributed by atoms with van der Waals surface area (Å²) in [7, 11) is 0. The van der Waals surface area contributed by atoms with Crippen LogP contribution in [0.2, 0.25) is 0 Å². The number of hydrogen-bond donors (Lipinski definition) is 2. The fourth-order valence-electron chi connectivity index (χ4n) is 1.79. The third-order valence-electron chi connectivity index (χ3n) is 2.89. The van der Waals surface area contributed by atoms with Gasteiger partial charge >= 0.3 is 6.18 Å². The number of unbranched alkanes of at least 4 members (excludes halogenated alkanes) is 1. The molecule has 1 aromatic rings. The van der Waals surface area contributed by atoms with Gasteiger partial charge in [0.2, 0.25) is 0 Å². The zero-order chi connectivity index (χ0) is 17.1. The molecule has 0 spiro atoms. The molecular weight excluding hydrogens is 434 g/mol. The van der Waals surface area contributed by atoms with Crippen LogP contribution in [-0.4, -0.2) is 31.8 Å². The second kappa shape index (κ2) is 12.2. The molecule has 0 heterocycles. The van der Waals surface area contributed by atoms with Crippen LogP contribution in [0.15, 0.2) is 29.3 Å².